The van der Waals surface area contributed by atoms with Gasteiger partial charge in [0.2, 0.25) is 0 Å². The summed E-state index contributed by atoms with van der Waals surface area (Å²) in [5.41, 5.74) is 1.39. The van der Waals surface area contributed by atoms with Crippen molar-refractivity contribution in [1.82, 2.24) is 0 Å². The Morgan fingerprint density at radius 3 is 1.00 bits per heavy atom. The van der Waals surface area contributed by atoms with E-state index in [4.69, 9.17) is 37.9 Å². The maximum Gasteiger partial charge on any atom is 0.119 e. The number of hydrogen-bond acceptors (Lipinski definition) is 8. The first kappa shape index (κ1) is 45.8. The monoisotopic (exact) mass is 697 g/mol. The first-order chi connectivity index (χ1) is 24.4. The zero-order valence-corrected chi connectivity index (χ0v) is 31.9. The van der Waals surface area contributed by atoms with E-state index < -0.39 is 0 Å². The molecule has 0 saturated carbocycles. The number of hydrogen-bond donors (Lipinski definition) is 0. The molecule has 0 spiro atoms. The summed E-state index contributed by atoms with van der Waals surface area (Å²) in [5, 5.41) is 0. The number of aryl methyl sites for hydroxylation is 1. The van der Waals surface area contributed by atoms with Crippen molar-refractivity contribution in [2.75, 3.05) is 99.1 Å². The third-order valence-electron chi connectivity index (χ3n) is 8.36. The van der Waals surface area contributed by atoms with E-state index in [1.54, 1.807) is 0 Å². The molecule has 0 aliphatic rings. The molecule has 0 radical (unpaired) electrons. The standard InChI is InChI=1S/C41H76O8/c1-3-5-7-9-11-12-13-15-17-19-25-42-26-27-43-28-29-44-30-31-45-32-33-46-34-35-47-36-37-48-38-39-49-41-23-21-40(22-24-41)20-18-16-14-10-8-6-4-2/h21-24H,3-20,25-39H2,1-2H3. The van der Waals surface area contributed by atoms with Gasteiger partial charge in [-0.25, -0.2) is 0 Å². The average molecular weight is 697 g/mol. The molecule has 0 saturated heterocycles. The Hall–Kier alpha value is -1.26. The Kier molecular flexibility index (Phi) is 36.9. The second kappa shape index (κ2) is 39.5. The SMILES string of the molecule is CCCCCCCCCCCCOCCOCCOCCOCCOCCOCCOCCOc1ccc(CCCCCCCCC)cc1. The van der Waals surface area contributed by atoms with Crippen molar-refractivity contribution in [3.05, 3.63) is 29.8 Å². The molecule has 0 N–H and O–H groups in total. The van der Waals surface area contributed by atoms with Gasteiger partial charge in [0.25, 0.3) is 0 Å². The minimum absolute atomic E-state index is 0.536. The summed E-state index contributed by atoms with van der Waals surface area (Å²) in [7, 11) is 0. The van der Waals surface area contributed by atoms with Crippen molar-refractivity contribution in [3.8, 4) is 5.75 Å². The summed E-state index contributed by atoms with van der Waals surface area (Å²) in [6.07, 6.45) is 24.0. The fourth-order valence-electron chi connectivity index (χ4n) is 5.37. The van der Waals surface area contributed by atoms with Crippen molar-refractivity contribution < 1.29 is 37.9 Å². The zero-order valence-electron chi connectivity index (χ0n) is 31.9. The van der Waals surface area contributed by atoms with E-state index in [1.165, 1.54) is 108 Å². The van der Waals surface area contributed by atoms with E-state index in [2.05, 4.69) is 38.1 Å². The van der Waals surface area contributed by atoms with E-state index in [-0.39, 0.29) is 0 Å². The lowest BCUT2D eigenvalue weighted by atomic mass is 10.0. The smallest absolute Gasteiger partial charge is 0.119 e. The van der Waals surface area contributed by atoms with Gasteiger partial charge in [-0.3, -0.25) is 0 Å². The second-order valence-corrected chi connectivity index (χ2v) is 12.8. The summed E-state index contributed by atoms with van der Waals surface area (Å²) in [6, 6.07) is 8.49. The Balaban J connectivity index is 1.70. The molecule has 1 aromatic rings. The third-order valence-corrected chi connectivity index (χ3v) is 8.36. The summed E-state index contributed by atoms with van der Waals surface area (Å²) in [6.45, 7) is 13.2. The fraction of sp³-hybridized carbons (Fsp3) is 0.854. The highest BCUT2D eigenvalue weighted by Gasteiger charge is 1.99. The molecule has 1 aromatic carbocycles. The van der Waals surface area contributed by atoms with E-state index in [0.29, 0.717) is 92.5 Å². The van der Waals surface area contributed by atoms with Crippen LogP contribution in [0.3, 0.4) is 0 Å². The van der Waals surface area contributed by atoms with Crippen LogP contribution in [0.1, 0.15) is 129 Å². The van der Waals surface area contributed by atoms with Crippen LogP contribution in [0, 0.1) is 0 Å². The lowest BCUT2D eigenvalue weighted by Crippen LogP contribution is -2.15. The van der Waals surface area contributed by atoms with Gasteiger partial charge in [0.1, 0.15) is 12.4 Å². The molecule has 0 aliphatic heterocycles. The highest BCUT2D eigenvalue weighted by Crippen LogP contribution is 2.15. The van der Waals surface area contributed by atoms with E-state index in [1.807, 2.05) is 0 Å². The fourth-order valence-corrected chi connectivity index (χ4v) is 5.37. The van der Waals surface area contributed by atoms with Crippen LogP contribution < -0.4 is 4.74 Å². The van der Waals surface area contributed by atoms with Crippen LogP contribution in [0.15, 0.2) is 24.3 Å². The molecule has 0 heterocycles. The van der Waals surface area contributed by atoms with E-state index in [9.17, 15) is 0 Å². The summed E-state index contributed by atoms with van der Waals surface area (Å²) in [4.78, 5) is 0. The number of rotatable bonds is 41. The maximum absolute atomic E-state index is 5.79. The molecule has 0 amide bonds. The Bertz CT molecular complexity index is 748. The summed E-state index contributed by atoms with van der Waals surface area (Å²) < 4.78 is 44.8. The van der Waals surface area contributed by atoms with Crippen molar-refractivity contribution >= 4 is 0 Å². The topological polar surface area (TPSA) is 73.8 Å². The molecule has 1 rings (SSSR count). The Morgan fingerprint density at radius 1 is 0.306 bits per heavy atom. The highest BCUT2D eigenvalue weighted by atomic mass is 16.6. The van der Waals surface area contributed by atoms with Gasteiger partial charge in [0.15, 0.2) is 0 Å². The van der Waals surface area contributed by atoms with Gasteiger partial charge in [0.05, 0.1) is 85.9 Å². The lowest BCUT2D eigenvalue weighted by Gasteiger charge is -2.09. The third kappa shape index (κ3) is 34.9. The molecule has 0 atom stereocenters. The predicted octanol–water partition coefficient (Wildman–Crippen LogP) is 9.40. The van der Waals surface area contributed by atoms with E-state index in [0.717, 1.165) is 25.2 Å². The molecular formula is C41H76O8. The molecule has 49 heavy (non-hydrogen) atoms. The van der Waals surface area contributed by atoms with Crippen LogP contribution in [0.25, 0.3) is 0 Å². The number of ether oxygens (including phenoxy) is 8. The van der Waals surface area contributed by atoms with Crippen molar-refractivity contribution in [1.29, 1.82) is 0 Å². The minimum atomic E-state index is 0.536. The maximum atomic E-state index is 5.79. The normalized spacial score (nSPS) is 11.5. The second-order valence-electron chi connectivity index (χ2n) is 12.8. The van der Waals surface area contributed by atoms with Crippen LogP contribution in [0.2, 0.25) is 0 Å². The predicted molar refractivity (Wildman–Crippen MR) is 201 cm³/mol. The van der Waals surface area contributed by atoms with Gasteiger partial charge in [0, 0.05) is 6.61 Å². The Morgan fingerprint density at radius 2 is 0.612 bits per heavy atom. The van der Waals surface area contributed by atoms with Crippen LogP contribution in [-0.2, 0) is 39.6 Å². The molecule has 8 nitrogen and oxygen atoms in total. The van der Waals surface area contributed by atoms with Gasteiger partial charge >= 0.3 is 0 Å². The molecular weight excluding hydrogens is 620 g/mol. The molecule has 0 fully saturated rings. The summed E-state index contributed by atoms with van der Waals surface area (Å²) in [5.74, 6) is 0.896. The molecule has 0 aromatic heterocycles. The van der Waals surface area contributed by atoms with Gasteiger partial charge in [-0.15, -0.1) is 0 Å². The van der Waals surface area contributed by atoms with Crippen molar-refractivity contribution in [2.24, 2.45) is 0 Å². The first-order valence-corrected chi connectivity index (χ1v) is 20.1. The number of unbranched alkanes of at least 4 members (excludes halogenated alkanes) is 15. The van der Waals surface area contributed by atoms with Crippen LogP contribution in [-0.4, -0.2) is 99.1 Å². The average Bonchev–Trinajstić information content (AvgIpc) is 3.12. The minimum Gasteiger partial charge on any atom is -0.491 e. The molecule has 8 heteroatoms. The van der Waals surface area contributed by atoms with Crippen molar-refractivity contribution in [2.45, 2.75) is 129 Å². The van der Waals surface area contributed by atoms with Crippen LogP contribution in [0.5, 0.6) is 5.75 Å². The molecule has 288 valence electrons. The molecule has 0 unspecified atom stereocenters. The largest absolute Gasteiger partial charge is 0.491 e. The number of benzene rings is 1. The first-order valence-electron chi connectivity index (χ1n) is 20.1. The molecule has 0 aliphatic carbocycles. The Labute approximate surface area is 301 Å². The van der Waals surface area contributed by atoms with Crippen LogP contribution >= 0.6 is 0 Å². The quantitative estimate of drug-likeness (QED) is 0.0628. The zero-order chi connectivity index (χ0) is 35.0. The summed E-state index contributed by atoms with van der Waals surface area (Å²) >= 11 is 0. The lowest BCUT2D eigenvalue weighted by molar-refractivity contribution is -0.0213. The van der Waals surface area contributed by atoms with E-state index >= 15 is 0 Å². The highest BCUT2D eigenvalue weighted by molar-refractivity contribution is 5.27. The molecule has 0 bridgehead atoms. The van der Waals surface area contributed by atoms with Gasteiger partial charge in [-0.1, -0.05) is 122 Å². The van der Waals surface area contributed by atoms with Gasteiger partial charge < -0.3 is 37.9 Å². The van der Waals surface area contributed by atoms with Crippen molar-refractivity contribution in [3.63, 3.8) is 0 Å². The van der Waals surface area contributed by atoms with Crippen LogP contribution in [0.4, 0.5) is 0 Å². The van der Waals surface area contributed by atoms with Gasteiger partial charge in [-0.2, -0.15) is 0 Å². The van der Waals surface area contributed by atoms with Gasteiger partial charge in [-0.05, 0) is 37.0 Å².